The van der Waals surface area contributed by atoms with Crippen molar-refractivity contribution in [1.82, 2.24) is 9.78 Å². The van der Waals surface area contributed by atoms with E-state index in [0.29, 0.717) is 12.2 Å². The Balaban J connectivity index is 3.06. The summed E-state index contributed by atoms with van der Waals surface area (Å²) in [7, 11) is 0. The number of nitrogens with two attached hydrogens (primary N) is 1. The number of hydrogen-bond acceptors (Lipinski definition) is 2. The minimum atomic E-state index is -2.54. The summed E-state index contributed by atoms with van der Waals surface area (Å²) in [5, 5.41) is 3.90. The van der Waals surface area contributed by atoms with Crippen LogP contribution in [0.3, 0.4) is 0 Å². The third-order valence-corrected chi connectivity index (χ3v) is 2.14. The van der Waals surface area contributed by atoms with Crippen LogP contribution in [0, 0.1) is 5.41 Å². The van der Waals surface area contributed by atoms with Crippen molar-refractivity contribution in [2.45, 2.75) is 46.7 Å². The van der Waals surface area contributed by atoms with Gasteiger partial charge in [-0.2, -0.15) is 5.10 Å². The summed E-state index contributed by atoms with van der Waals surface area (Å²) in [4.78, 5) is 0. The number of hydrogen-bond donors (Lipinski definition) is 1. The van der Waals surface area contributed by atoms with Gasteiger partial charge in [0, 0.05) is 12.6 Å². The lowest BCUT2D eigenvalue weighted by Crippen LogP contribution is -2.21. The maximum absolute atomic E-state index is 12.5. The number of aromatic nitrogens is 2. The Hall–Kier alpha value is -0.970. The fourth-order valence-corrected chi connectivity index (χ4v) is 1.50. The van der Waals surface area contributed by atoms with Crippen LogP contribution in [0.15, 0.2) is 6.07 Å². The molecule has 1 aromatic heterocycles. The molecule has 1 rings (SSSR count). The predicted octanol–water partition coefficient (Wildman–Crippen LogP) is 2.89. The third-order valence-electron chi connectivity index (χ3n) is 2.14. The highest BCUT2D eigenvalue weighted by atomic mass is 19.3. The van der Waals surface area contributed by atoms with E-state index >= 15 is 0 Å². The maximum Gasteiger partial charge on any atom is 0.282 e. The lowest BCUT2D eigenvalue weighted by Gasteiger charge is -2.20. The molecule has 16 heavy (non-hydrogen) atoms. The molecule has 0 fully saturated rings. The highest BCUT2D eigenvalue weighted by molar-refractivity contribution is 5.14. The van der Waals surface area contributed by atoms with Crippen LogP contribution in [-0.4, -0.2) is 9.78 Å². The van der Waals surface area contributed by atoms with Gasteiger partial charge in [0.25, 0.3) is 6.43 Å². The molecule has 0 bridgehead atoms. The fourth-order valence-electron chi connectivity index (χ4n) is 1.50. The van der Waals surface area contributed by atoms with Crippen molar-refractivity contribution in [1.29, 1.82) is 0 Å². The largest absolute Gasteiger partial charge is 0.323 e. The molecule has 0 saturated heterocycles. The molecule has 0 spiro atoms. The SMILES string of the molecule is C[C@H](N)c1cc(C(F)F)nn1CC(C)(C)C. The summed E-state index contributed by atoms with van der Waals surface area (Å²) >= 11 is 0. The molecular weight excluding hydrogens is 212 g/mol. The Bertz CT molecular complexity index is 351. The molecule has 92 valence electrons. The lowest BCUT2D eigenvalue weighted by atomic mass is 9.97. The number of nitrogens with zero attached hydrogens (tertiary/aromatic N) is 2. The standard InChI is InChI=1S/C11H19F2N3/c1-7(14)9-5-8(10(12)13)15-16(9)6-11(2,3)4/h5,7,10H,6,14H2,1-4H3/t7-/m0/s1. The van der Waals surface area contributed by atoms with E-state index in [2.05, 4.69) is 5.10 Å². The lowest BCUT2D eigenvalue weighted by molar-refractivity contribution is 0.144. The highest BCUT2D eigenvalue weighted by Crippen LogP contribution is 2.24. The Morgan fingerprint density at radius 3 is 2.38 bits per heavy atom. The van der Waals surface area contributed by atoms with Crippen molar-refractivity contribution in [3.8, 4) is 0 Å². The zero-order valence-corrected chi connectivity index (χ0v) is 10.2. The Morgan fingerprint density at radius 1 is 1.44 bits per heavy atom. The molecule has 1 aromatic rings. The first-order valence-corrected chi connectivity index (χ1v) is 5.32. The molecule has 0 unspecified atom stereocenters. The smallest absolute Gasteiger partial charge is 0.282 e. The van der Waals surface area contributed by atoms with Crippen molar-refractivity contribution in [2.24, 2.45) is 11.1 Å². The Kier molecular flexibility index (Phi) is 3.68. The summed E-state index contributed by atoms with van der Waals surface area (Å²) in [5.74, 6) is 0. The summed E-state index contributed by atoms with van der Waals surface area (Å²) in [6, 6.07) is 1.10. The van der Waals surface area contributed by atoms with Gasteiger partial charge >= 0.3 is 0 Å². The van der Waals surface area contributed by atoms with Gasteiger partial charge in [0.2, 0.25) is 0 Å². The highest BCUT2D eigenvalue weighted by Gasteiger charge is 2.20. The summed E-state index contributed by atoms with van der Waals surface area (Å²) in [6.07, 6.45) is -2.54. The molecule has 0 saturated carbocycles. The molecular formula is C11H19F2N3. The maximum atomic E-state index is 12.5. The van der Waals surface area contributed by atoms with Crippen LogP contribution in [0.2, 0.25) is 0 Å². The van der Waals surface area contributed by atoms with Gasteiger partial charge in [0.15, 0.2) is 0 Å². The third kappa shape index (κ3) is 3.27. The van der Waals surface area contributed by atoms with Crippen LogP contribution < -0.4 is 5.73 Å². The predicted molar refractivity (Wildman–Crippen MR) is 59.2 cm³/mol. The molecule has 0 aliphatic carbocycles. The van der Waals surface area contributed by atoms with Crippen LogP contribution >= 0.6 is 0 Å². The number of rotatable bonds is 3. The first-order chi connectivity index (χ1) is 7.20. The monoisotopic (exact) mass is 231 g/mol. The van der Waals surface area contributed by atoms with Crippen molar-refractivity contribution >= 4 is 0 Å². The molecule has 5 heteroatoms. The second kappa shape index (κ2) is 4.49. The van der Waals surface area contributed by atoms with Crippen LogP contribution in [0.1, 0.15) is 51.6 Å². The molecule has 0 aliphatic heterocycles. The number of halogens is 2. The van der Waals surface area contributed by atoms with Gasteiger partial charge in [-0.15, -0.1) is 0 Å². The first-order valence-electron chi connectivity index (χ1n) is 5.32. The van der Waals surface area contributed by atoms with Gasteiger partial charge < -0.3 is 5.73 Å². The minimum absolute atomic E-state index is 0.0188. The molecule has 0 aromatic carbocycles. The topological polar surface area (TPSA) is 43.8 Å². The van der Waals surface area contributed by atoms with E-state index in [1.54, 1.807) is 11.6 Å². The van der Waals surface area contributed by atoms with Crippen LogP contribution in [0.25, 0.3) is 0 Å². The van der Waals surface area contributed by atoms with Gasteiger partial charge in [0.1, 0.15) is 5.69 Å². The summed E-state index contributed by atoms with van der Waals surface area (Å²) < 4.78 is 26.7. The van der Waals surface area contributed by atoms with Crippen molar-refractivity contribution in [2.75, 3.05) is 0 Å². The first kappa shape index (κ1) is 13.1. The van der Waals surface area contributed by atoms with Gasteiger partial charge in [-0.05, 0) is 18.4 Å². The molecule has 1 heterocycles. The molecule has 1 atom stereocenters. The average molecular weight is 231 g/mol. The molecule has 0 radical (unpaired) electrons. The van der Waals surface area contributed by atoms with E-state index in [1.165, 1.54) is 6.07 Å². The fraction of sp³-hybridized carbons (Fsp3) is 0.727. The van der Waals surface area contributed by atoms with Crippen molar-refractivity contribution in [3.05, 3.63) is 17.5 Å². The van der Waals surface area contributed by atoms with Gasteiger partial charge in [-0.25, -0.2) is 8.78 Å². The van der Waals surface area contributed by atoms with Crippen LogP contribution in [0.5, 0.6) is 0 Å². The summed E-state index contributed by atoms with van der Waals surface area (Å²) in [5.41, 5.74) is 6.18. The average Bonchev–Trinajstić information content (AvgIpc) is 2.44. The zero-order valence-electron chi connectivity index (χ0n) is 10.2. The summed E-state index contributed by atoms with van der Waals surface area (Å²) in [6.45, 7) is 8.44. The van der Waals surface area contributed by atoms with E-state index in [-0.39, 0.29) is 17.2 Å². The second-order valence-electron chi connectivity index (χ2n) is 5.30. The zero-order chi connectivity index (χ0) is 12.5. The second-order valence-corrected chi connectivity index (χ2v) is 5.30. The molecule has 0 amide bonds. The minimum Gasteiger partial charge on any atom is -0.323 e. The molecule has 0 aliphatic rings. The van der Waals surface area contributed by atoms with Gasteiger partial charge in [0.05, 0.1) is 5.69 Å². The van der Waals surface area contributed by atoms with E-state index in [0.717, 1.165) is 0 Å². The van der Waals surface area contributed by atoms with E-state index < -0.39 is 6.43 Å². The van der Waals surface area contributed by atoms with Crippen molar-refractivity contribution < 1.29 is 8.78 Å². The van der Waals surface area contributed by atoms with Gasteiger partial charge in [-0.1, -0.05) is 20.8 Å². The normalized spacial score (nSPS) is 14.5. The number of alkyl halides is 2. The van der Waals surface area contributed by atoms with Crippen LogP contribution in [-0.2, 0) is 6.54 Å². The van der Waals surface area contributed by atoms with Crippen LogP contribution in [0.4, 0.5) is 8.78 Å². The van der Waals surface area contributed by atoms with E-state index in [4.69, 9.17) is 5.73 Å². The van der Waals surface area contributed by atoms with E-state index in [1.807, 2.05) is 20.8 Å². The molecule has 3 nitrogen and oxygen atoms in total. The van der Waals surface area contributed by atoms with E-state index in [9.17, 15) is 8.78 Å². The van der Waals surface area contributed by atoms with Gasteiger partial charge in [-0.3, -0.25) is 4.68 Å². The molecule has 2 N–H and O–H groups in total. The Morgan fingerprint density at radius 2 is 2.00 bits per heavy atom. The Labute approximate surface area is 94.6 Å². The van der Waals surface area contributed by atoms with Crippen molar-refractivity contribution in [3.63, 3.8) is 0 Å². The quantitative estimate of drug-likeness (QED) is 0.869.